The predicted molar refractivity (Wildman–Crippen MR) is 70.5 cm³/mol. The first-order valence-corrected chi connectivity index (χ1v) is 6.35. The topological polar surface area (TPSA) is 35.5 Å². The summed E-state index contributed by atoms with van der Waals surface area (Å²) < 4.78 is 0. The molecule has 0 aliphatic carbocycles. The summed E-state index contributed by atoms with van der Waals surface area (Å²) in [4.78, 5) is 2.22. The fourth-order valence-corrected chi connectivity index (χ4v) is 2.39. The van der Waals surface area contributed by atoms with Crippen molar-refractivity contribution in [3.63, 3.8) is 0 Å². The first-order chi connectivity index (χ1) is 8.19. The number of piperazine rings is 1. The lowest BCUT2D eigenvalue weighted by Gasteiger charge is -2.37. The smallest absolute Gasteiger partial charge is 0.0599 e. The molecular weight excluding hydrogens is 236 g/mol. The van der Waals surface area contributed by atoms with E-state index < -0.39 is 0 Å². The number of hydrogen-bond acceptors (Lipinski definition) is 3. The summed E-state index contributed by atoms with van der Waals surface area (Å²) in [5.74, 6) is 0. The van der Waals surface area contributed by atoms with Crippen LogP contribution in [0, 0.1) is 0 Å². The van der Waals surface area contributed by atoms with Gasteiger partial charge in [0.15, 0.2) is 0 Å². The van der Waals surface area contributed by atoms with E-state index in [0.717, 1.165) is 24.5 Å². The van der Waals surface area contributed by atoms with Gasteiger partial charge in [0.05, 0.1) is 6.61 Å². The summed E-state index contributed by atoms with van der Waals surface area (Å²) in [5.41, 5.74) is 1.29. The molecule has 17 heavy (non-hydrogen) atoms. The molecule has 94 valence electrons. The second-order valence-electron chi connectivity index (χ2n) is 4.71. The van der Waals surface area contributed by atoms with Gasteiger partial charge in [-0.25, -0.2) is 0 Å². The van der Waals surface area contributed by atoms with Gasteiger partial charge in [-0.15, -0.1) is 0 Å². The molecule has 1 saturated heterocycles. The van der Waals surface area contributed by atoms with Crippen molar-refractivity contribution >= 4 is 11.6 Å². The molecule has 0 spiro atoms. The van der Waals surface area contributed by atoms with Gasteiger partial charge in [0.1, 0.15) is 0 Å². The summed E-state index contributed by atoms with van der Waals surface area (Å²) in [6.07, 6.45) is 1.000. The Morgan fingerprint density at radius 3 is 2.71 bits per heavy atom. The van der Waals surface area contributed by atoms with Crippen molar-refractivity contribution in [3.05, 3.63) is 34.9 Å². The number of aliphatic hydroxyl groups is 1. The fourth-order valence-electron chi connectivity index (χ4n) is 2.27. The van der Waals surface area contributed by atoms with Gasteiger partial charge in [-0.3, -0.25) is 4.90 Å². The Morgan fingerprint density at radius 1 is 1.41 bits per heavy atom. The highest BCUT2D eigenvalue weighted by Gasteiger charge is 2.24. The van der Waals surface area contributed by atoms with Crippen molar-refractivity contribution in [3.8, 4) is 0 Å². The van der Waals surface area contributed by atoms with Gasteiger partial charge in [-0.1, -0.05) is 23.7 Å². The third-order valence-electron chi connectivity index (χ3n) is 3.38. The van der Waals surface area contributed by atoms with E-state index >= 15 is 0 Å². The number of rotatable bonds is 3. The van der Waals surface area contributed by atoms with Crippen LogP contribution in [0.3, 0.4) is 0 Å². The molecule has 1 fully saturated rings. The van der Waals surface area contributed by atoms with Crippen LogP contribution in [0.5, 0.6) is 0 Å². The third kappa shape index (κ3) is 3.42. The van der Waals surface area contributed by atoms with Crippen LogP contribution in [-0.4, -0.2) is 48.8 Å². The maximum Gasteiger partial charge on any atom is 0.0599 e. The van der Waals surface area contributed by atoms with E-state index in [-0.39, 0.29) is 12.6 Å². The lowest BCUT2D eigenvalue weighted by molar-refractivity contribution is 0.103. The monoisotopic (exact) mass is 254 g/mol. The average Bonchev–Trinajstić information content (AvgIpc) is 2.32. The molecule has 0 bridgehead atoms. The highest BCUT2D eigenvalue weighted by atomic mass is 35.5. The molecule has 0 saturated carbocycles. The van der Waals surface area contributed by atoms with E-state index in [4.69, 9.17) is 11.6 Å². The summed E-state index contributed by atoms with van der Waals surface area (Å²) in [6, 6.07) is 8.70. The van der Waals surface area contributed by atoms with Crippen LogP contribution in [0.25, 0.3) is 0 Å². The van der Waals surface area contributed by atoms with Crippen LogP contribution in [0.15, 0.2) is 24.3 Å². The molecule has 2 atom stereocenters. The van der Waals surface area contributed by atoms with E-state index in [1.807, 2.05) is 12.1 Å². The summed E-state index contributed by atoms with van der Waals surface area (Å²) in [7, 11) is 2.07. The van der Waals surface area contributed by atoms with Crippen LogP contribution in [0.4, 0.5) is 0 Å². The van der Waals surface area contributed by atoms with E-state index in [2.05, 4.69) is 29.4 Å². The van der Waals surface area contributed by atoms with E-state index in [1.165, 1.54) is 5.56 Å². The number of nitrogens with zero attached hydrogens (tertiary/aromatic N) is 1. The van der Waals surface area contributed by atoms with Gasteiger partial charge in [0.2, 0.25) is 0 Å². The summed E-state index contributed by atoms with van der Waals surface area (Å²) in [5, 5.41) is 13.4. The Balaban J connectivity index is 1.90. The quantitative estimate of drug-likeness (QED) is 0.850. The summed E-state index contributed by atoms with van der Waals surface area (Å²) >= 11 is 5.86. The van der Waals surface area contributed by atoms with Crippen molar-refractivity contribution in [2.45, 2.75) is 18.5 Å². The molecule has 3 nitrogen and oxygen atoms in total. The minimum absolute atomic E-state index is 0.219. The number of likely N-dealkylation sites (N-methyl/N-ethyl adjacent to an activating group) is 1. The van der Waals surface area contributed by atoms with Crippen molar-refractivity contribution in [1.29, 1.82) is 0 Å². The highest BCUT2D eigenvalue weighted by molar-refractivity contribution is 6.30. The molecule has 4 heteroatoms. The van der Waals surface area contributed by atoms with Crippen LogP contribution >= 0.6 is 11.6 Å². The first kappa shape index (κ1) is 12.8. The standard InChI is InChI=1S/C13H19ClN2O/c1-16-8-12(15-7-13(16)9-17)6-10-2-4-11(14)5-3-10/h2-5,12-13,15,17H,6-9H2,1H3/t12-,13?/m0/s1. The van der Waals surface area contributed by atoms with Gasteiger partial charge >= 0.3 is 0 Å². The van der Waals surface area contributed by atoms with Gasteiger partial charge in [0, 0.05) is 30.2 Å². The van der Waals surface area contributed by atoms with Crippen molar-refractivity contribution in [2.24, 2.45) is 0 Å². The SMILES string of the molecule is CN1C[C@H](Cc2ccc(Cl)cc2)NCC1CO. The third-order valence-corrected chi connectivity index (χ3v) is 3.63. The maximum absolute atomic E-state index is 9.17. The molecule has 1 heterocycles. The molecule has 1 aromatic rings. The zero-order valence-electron chi connectivity index (χ0n) is 10.1. The van der Waals surface area contributed by atoms with Crippen molar-refractivity contribution in [1.82, 2.24) is 10.2 Å². The summed E-state index contributed by atoms with van der Waals surface area (Å²) in [6.45, 7) is 2.04. The molecule has 2 rings (SSSR count). The number of hydrogen-bond donors (Lipinski definition) is 2. The average molecular weight is 255 g/mol. The van der Waals surface area contributed by atoms with E-state index in [0.29, 0.717) is 6.04 Å². The molecule has 0 radical (unpaired) electrons. The molecule has 1 unspecified atom stereocenters. The van der Waals surface area contributed by atoms with E-state index in [1.54, 1.807) is 0 Å². The van der Waals surface area contributed by atoms with Crippen LogP contribution in [0.2, 0.25) is 5.02 Å². The number of halogens is 1. The molecule has 1 aliphatic rings. The molecule has 0 aromatic heterocycles. The minimum Gasteiger partial charge on any atom is -0.395 e. The van der Waals surface area contributed by atoms with Gasteiger partial charge in [-0.05, 0) is 31.2 Å². The molecule has 1 aliphatic heterocycles. The van der Waals surface area contributed by atoms with Gasteiger partial charge in [0.25, 0.3) is 0 Å². The molecule has 1 aromatic carbocycles. The Bertz CT molecular complexity index is 355. The number of aliphatic hydroxyl groups excluding tert-OH is 1. The van der Waals surface area contributed by atoms with Crippen molar-refractivity contribution in [2.75, 3.05) is 26.7 Å². The Labute approximate surface area is 107 Å². The molecular formula is C13H19ClN2O. The van der Waals surface area contributed by atoms with Gasteiger partial charge < -0.3 is 10.4 Å². The minimum atomic E-state index is 0.219. The normalized spacial score (nSPS) is 26.1. The number of benzene rings is 1. The second-order valence-corrected chi connectivity index (χ2v) is 5.15. The second kappa shape index (κ2) is 5.83. The van der Waals surface area contributed by atoms with Crippen LogP contribution in [-0.2, 0) is 6.42 Å². The largest absolute Gasteiger partial charge is 0.395 e. The zero-order chi connectivity index (χ0) is 12.3. The Kier molecular flexibility index (Phi) is 4.40. The lowest BCUT2D eigenvalue weighted by atomic mass is 10.0. The molecule has 0 amide bonds. The maximum atomic E-state index is 9.17. The van der Waals surface area contributed by atoms with Crippen LogP contribution < -0.4 is 5.32 Å². The highest BCUT2D eigenvalue weighted by Crippen LogP contribution is 2.13. The van der Waals surface area contributed by atoms with Gasteiger partial charge in [-0.2, -0.15) is 0 Å². The van der Waals surface area contributed by atoms with Crippen LogP contribution in [0.1, 0.15) is 5.56 Å². The predicted octanol–water partition coefficient (Wildman–Crippen LogP) is 1.15. The first-order valence-electron chi connectivity index (χ1n) is 5.98. The molecule has 2 N–H and O–H groups in total. The van der Waals surface area contributed by atoms with Crippen molar-refractivity contribution < 1.29 is 5.11 Å². The number of nitrogens with one attached hydrogen (secondary N) is 1. The lowest BCUT2D eigenvalue weighted by Crippen LogP contribution is -2.56. The zero-order valence-corrected chi connectivity index (χ0v) is 10.8. The fraction of sp³-hybridized carbons (Fsp3) is 0.538. The van der Waals surface area contributed by atoms with E-state index in [9.17, 15) is 5.11 Å². The Morgan fingerprint density at radius 2 is 2.12 bits per heavy atom. The Hall–Kier alpha value is -0.610.